The predicted octanol–water partition coefficient (Wildman–Crippen LogP) is 4.45. The molecule has 5 heteroatoms. The van der Waals surface area contributed by atoms with Crippen molar-refractivity contribution in [3.63, 3.8) is 0 Å². The average molecular weight is 335 g/mol. The Balaban J connectivity index is 0.00000176. The quantitative estimate of drug-likeness (QED) is 0.723. The molecule has 1 atom stereocenters. The topological polar surface area (TPSA) is 34.1 Å². The Hall–Kier alpha value is -1.62. The molecule has 3 nitrogen and oxygen atoms in total. The number of pyridine rings is 1. The Bertz CT molecular complexity index is 702. The largest absolute Gasteiger partial charge is 0.483 e. The second kappa shape index (κ2) is 8.13. The summed E-state index contributed by atoms with van der Waals surface area (Å²) in [7, 11) is 1.96. The van der Waals surface area contributed by atoms with Gasteiger partial charge in [-0.05, 0) is 30.6 Å². The number of hydrogen-bond acceptors (Lipinski definition) is 4. The lowest BCUT2D eigenvalue weighted by molar-refractivity contribution is 0.197. The van der Waals surface area contributed by atoms with Crippen LogP contribution >= 0.6 is 23.7 Å². The van der Waals surface area contributed by atoms with E-state index in [-0.39, 0.29) is 18.5 Å². The highest BCUT2D eigenvalue weighted by Crippen LogP contribution is 2.33. The molecule has 3 aromatic rings. The van der Waals surface area contributed by atoms with Gasteiger partial charge in [0.15, 0.2) is 5.75 Å². The van der Waals surface area contributed by atoms with Gasteiger partial charge in [-0.15, -0.1) is 23.7 Å². The highest BCUT2D eigenvalue weighted by Gasteiger charge is 2.15. The summed E-state index contributed by atoms with van der Waals surface area (Å²) in [6, 6.07) is 12.4. The lowest BCUT2D eigenvalue weighted by atomic mass is 10.1. The molecule has 0 amide bonds. The van der Waals surface area contributed by atoms with Crippen molar-refractivity contribution in [2.75, 3.05) is 13.6 Å². The molecule has 0 aliphatic rings. The molecule has 0 bridgehead atoms. The lowest BCUT2D eigenvalue weighted by Crippen LogP contribution is -2.16. The fourth-order valence-corrected chi connectivity index (χ4v) is 3.16. The van der Waals surface area contributed by atoms with Crippen LogP contribution < -0.4 is 10.1 Å². The molecule has 0 aliphatic carbocycles. The van der Waals surface area contributed by atoms with Gasteiger partial charge in [0.2, 0.25) is 0 Å². The molecule has 3 rings (SSSR count). The van der Waals surface area contributed by atoms with Crippen LogP contribution in [0.15, 0.2) is 54.2 Å². The van der Waals surface area contributed by atoms with E-state index in [2.05, 4.69) is 46.0 Å². The number of benzene rings is 1. The smallest absolute Gasteiger partial charge is 0.156 e. The minimum atomic E-state index is 0. The van der Waals surface area contributed by atoms with Crippen molar-refractivity contribution in [1.29, 1.82) is 0 Å². The first-order chi connectivity index (χ1) is 10.4. The second-order valence-electron chi connectivity index (χ2n) is 4.89. The van der Waals surface area contributed by atoms with Gasteiger partial charge >= 0.3 is 0 Å². The molecule has 116 valence electrons. The molecular formula is C17H19ClN2OS. The van der Waals surface area contributed by atoms with Crippen molar-refractivity contribution in [3.05, 3.63) is 59.7 Å². The molecule has 2 heterocycles. The normalized spacial score (nSPS) is 11.9. The number of ether oxygens (including phenoxy) is 1. The number of halogens is 1. The summed E-state index contributed by atoms with van der Waals surface area (Å²) in [5.41, 5.74) is 1.20. The van der Waals surface area contributed by atoms with Crippen LogP contribution in [-0.2, 0) is 0 Å². The van der Waals surface area contributed by atoms with Crippen molar-refractivity contribution in [3.8, 4) is 5.75 Å². The Morgan fingerprint density at radius 1 is 1.18 bits per heavy atom. The van der Waals surface area contributed by atoms with Crippen molar-refractivity contribution in [2.45, 2.75) is 12.5 Å². The first-order valence-corrected chi connectivity index (χ1v) is 7.94. The zero-order chi connectivity index (χ0) is 14.5. The van der Waals surface area contributed by atoms with Crippen molar-refractivity contribution >= 4 is 33.8 Å². The van der Waals surface area contributed by atoms with Crippen LogP contribution in [0.4, 0.5) is 0 Å². The van der Waals surface area contributed by atoms with Crippen LogP contribution in [0.3, 0.4) is 0 Å². The molecule has 2 aromatic heterocycles. The Labute approximate surface area is 140 Å². The van der Waals surface area contributed by atoms with E-state index < -0.39 is 0 Å². The first kappa shape index (κ1) is 16.7. The number of rotatable bonds is 6. The summed E-state index contributed by atoms with van der Waals surface area (Å²) < 4.78 is 7.44. The zero-order valence-electron chi connectivity index (χ0n) is 12.4. The van der Waals surface area contributed by atoms with Crippen molar-refractivity contribution in [1.82, 2.24) is 10.3 Å². The Kier molecular flexibility index (Phi) is 6.19. The van der Waals surface area contributed by atoms with Crippen LogP contribution in [0.5, 0.6) is 5.75 Å². The number of aromatic nitrogens is 1. The number of hydrogen-bond donors (Lipinski definition) is 1. The monoisotopic (exact) mass is 334 g/mol. The molecule has 1 aromatic carbocycles. The summed E-state index contributed by atoms with van der Waals surface area (Å²) in [5, 5.41) is 6.40. The highest BCUT2D eigenvalue weighted by atomic mass is 35.5. The summed E-state index contributed by atoms with van der Waals surface area (Å²) in [6.07, 6.45) is 4.65. The lowest BCUT2D eigenvalue weighted by Gasteiger charge is -2.19. The van der Waals surface area contributed by atoms with E-state index in [1.165, 1.54) is 5.56 Å². The third-order valence-electron chi connectivity index (χ3n) is 3.42. The standard InChI is InChI=1S/C17H18N2OS.ClH/c1-18-9-7-15(13-5-3-2-4-6-13)20-16-12-19-11-14-8-10-21-17(14)16;/h2-6,8,10-12,15,18H,7,9H2,1H3;1H/t15-;/m1./s1. The molecule has 0 aliphatic heterocycles. The van der Waals surface area contributed by atoms with Crippen LogP contribution in [0.25, 0.3) is 10.1 Å². The van der Waals surface area contributed by atoms with Crippen LogP contribution in [0.1, 0.15) is 18.1 Å². The van der Waals surface area contributed by atoms with Gasteiger partial charge in [0.05, 0.1) is 10.9 Å². The minimum absolute atomic E-state index is 0. The SMILES string of the molecule is CNCC[C@@H](Oc1cncc2ccsc12)c1ccccc1.Cl. The minimum Gasteiger partial charge on any atom is -0.483 e. The second-order valence-corrected chi connectivity index (χ2v) is 5.80. The highest BCUT2D eigenvalue weighted by molar-refractivity contribution is 7.17. The van der Waals surface area contributed by atoms with E-state index in [9.17, 15) is 0 Å². The third kappa shape index (κ3) is 3.77. The van der Waals surface area contributed by atoms with Gasteiger partial charge in [0.1, 0.15) is 6.10 Å². The van der Waals surface area contributed by atoms with Crippen LogP contribution in [0, 0.1) is 0 Å². The van der Waals surface area contributed by atoms with E-state index in [1.54, 1.807) is 11.3 Å². The van der Waals surface area contributed by atoms with Crippen molar-refractivity contribution in [2.24, 2.45) is 0 Å². The maximum absolute atomic E-state index is 6.28. The Morgan fingerprint density at radius 2 is 2.00 bits per heavy atom. The predicted molar refractivity (Wildman–Crippen MR) is 95.2 cm³/mol. The van der Waals surface area contributed by atoms with Crippen LogP contribution in [0.2, 0.25) is 0 Å². The van der Waals surface area contributed by atoms with Gasteiger partial charge in [-0.1, -0.05) is 30.3 Å². The average Bonchev–Trinajstić information content (AvgIpc) is 3.01. The molecule has 0 spiro atoms. The third-order valence-corrected chi connectivity index (χ3v) is 4.37. The fraction of sp³-hybridized carbons (Fsp3) is 0.235. The van der Waals surface area contributed by atoms with E-state index in [1.807, 2.05) is 25.5 Å². The summed E-state index contributed by atoms with van der Waals surface area (Å²) in [4.78, 5) is 4.28. The van der Waals surface area contributed by atoms with E-state index in [4.69, 9.17) is 4.74 Å². The molecule has 0 unspecified atom stereocenters. The maximum Gasteiger partial charge on any atom is 0.156 e. The summed E-state index contributed by atoms with van der Waals surface area (Å²) >= 11 is 1.69. The first-order valence-electron chi connectivity index (χ1n) is 7.06. The summed E-state index contributed by atoms with van der Waals surface area (Å²) in [5.74, 6) is 0.868. The molecule has 0 saturated heterocycles. The van der Waals surface area contributed by atoms with Gasteiger partial charge in [0.25, 0.3) is 0 Å². The molecule has 0 fully saturated rings. The van der Waals surface area contributed by atoms with Crippen LogP contribution in [-0.4, -0.2) is 18.6 Å². The van der Waals surface area contributed by atoms with Gasteiger partial charge < -0.3 is 10.1 Å². The van der Waals surface area contributed by atoms with Gasteiger partial charge in [-0.3, -0.25) is 4.98 Å². The van der Waals surface area contributed by atoms with E-state index >= 15 is 0 Å². The maximum atomic E-state index is 6.28. The molecule has 0 radical (unpaired) electrons. The number of thiophene rings is 1. The van der Waals surface area contributed by atoms with E-state index in [0.29, 0.717) is 0 Å². The van der Waals surface area contributed by atoms with Gasteiger partial charge in [0, 0.05) is 18.0 Å². The molecule has 0 saturated carbocycles. The van der Waals surface area contributed by atoms with Gasteiger partial charge in [-0.25, -0.2) is 0 Å². The fourth-order valence-electron chi connectivity index (χ4n) is 2.34. The summed E-state index contributed by atoms with van der Waals surface area (Å²) in [6.45, 7) is 0.910. The number of nitrogens with zero attached hydrogens (tertiary/aromatic N) is 1. The molecular weight excluding hydrogens is 316 g/mol. The number of nitrogens with one attached hydrogen (secondary N) is 1. The van der Waals surface area contributed by atoms with E-state index in [0.717, 1.165) is 28.8 Å². The number of fused-ring (bicyclic) bond motifs is 1. The Morgan fingerprint density at radius 3 is 2.77 bits per heavy atom. The van der Waals surface area contributed by atoms with Gasteiger partial charge in [-0.2, -0.15) is 0 Å². The molecule has 22 heavy (non-hydrogen) atoms. The zero-order valence-corrected chi connectivity index (χ0v) is 14.0. The molecule has 1 N–H and O–H groups in total. The van der Waals surface area contributed by atoms with Crippen molar-refractivity contribution < 1.29 is 4.74 Å².